The highest BCUT2D eigenvalue weighted by atomic mass is 31.2. The van der Waals surface area contributed by atoms with Gasteiger partial charge in [-0.05, 0) is 59.3 Å². The second-order valence-electron chi connectivity index (χ2n) is 7.79. The van der Waals surface area contributed by atoms with E-state index in [9.17, 15) is 4.57 Å². The molecule has 0 spiro atoms. The Kier molecular flexibility index (Phi) is 7.54. The van der Waals surface area contributed by atoms with Crippen LogP contribution in [0.15, 0.2) is 0 Å². The molecule has 0 N–H and O–H groups in total. The minimum atomic E-state index is -3.67. The lowest BCUT2D eigenvalue weighted by atomic mass is 10.4. The molecule has 0 radical (unpaired) electrons. The third-order valence-corrected chi connectivity index (χ3v) is 7.50. The van der Waals surface area contributed by atoms with Crippen molar-refractivity contribution < 1.29 is 18.1 Å². The molecule has 0 amide bonds. The van der Waals surface area contributed by atoms with E-state index >= 15 is 0 Å². The molecule has 152 valence electrons. The molecule has 8 heteroatoms. The van der Waals surface area contributed by atoms with Gasteiger partial charge in [-0.15, -0.1) is 0 Å². The molecule has 3 unspecified atom stereocenters. The minimum Gasteiger partial charge on any atom is -0.278 e. The van der Waals surface area contributed by atoms with Gasteiger partial charge in [-0.2, -0.15) is 0 Å². The summed E-state index contributed by atoms with van der Waals surface area (Å²) in [5.74, 6) is 0. The Morgan fingerprint density at radius 1 is 0.577 bits per heavy atom. The van der Waals surface area contributed by atoms with Crippen molar-refractivity contribution >= 4 is 7.82 Å². The zero-order valence-corrected chi connectivity index (χ0v) is 17.5. The van der Waals surface area contributed by atoms with E-state index in [1.165, 1.54) is 0 Å². The molecule has 0 aromatic rings. The van der Waals surface area contributed by atoms with Gasteiger partial charge >= 0.3 is 7.82 Å². The van der Waals surface area contributed by atoms with E-state index in [0.717, 1.165) is 77.8 Å². The Morgan fingerprint density at radius 3 is 1.04 bits per heavy atom. The Hall–Kier alpha value is -0.0100. The van der Waals surface area contributed by atoms with Gasteiger partial charge in [0.05, 0.1) is 0 Å². The van der Waals surface area contributed by atoms with Crippen molar-refractivity contribution in [2.75, 3.05) is 39.3 Å². The molecule has 3 aliphatic heterocycles. The van der Waals surface area contributed by atoms with Crippen LogP contribution in [0, 0.1) is 0 Å². The molecular weight excluding hydrogens is 353 g/mol. The van der Waals surface area contributed by atoms with Crippen molar-refractivity contribution in [3.8, 4) is 0 Å². The standard InChI is InChI=1S/C18H36N3O4P/c1-16(19-10-4-5-11-19)23-26(22,24-17(2)20-12-6-7-13-20)25-18(3)21-14-8-9-15-21/h16-18H,4-15H2,1-3H3. The van der Waals surface area contributed by atoms with Crippen molar-refractivity contribution in [1.82, 2.24) is 14.7 Å². The maximum absolute atomic E-state index is 13.6. The normalized spacial score (nSPS) is 29.0. The van der Waals surface area contributed by atoms with E-state index < -0.39 is 7.82 Å². The van der Waals surface area contributed by atoms with E-state index in [-0.39, 0.29) is 18.7 Å². The number of rotatable bonds is 9. The van der Waals surface area contributed by atoms with Gasteiger partial charge in [0.25, 0.3) is 0 Å². The van der Waals surface area contributed by atoms with Crippen molar-refractivity contribution in [2.45, 2.75) is 78.0 Å². The van der Waals surface area contributed by atoms with E-state index in [1.54, 1.807) is 0 Å². The number of nitrogens with zero attached hydrogens (tertiary/aromatic N) is 3. The first-order chi connectivity index (χ1) is 12.5. The third-order valence-electron chi connectivity index (χ3n) is 5.81. The summed E-state index contributed by atoms with van der Waals surface area (Å²) in [7, 11) is -3.67. The van der Waals surface area contributed by atoms with Crippen molar-refractivity contribution in [1.29, 1.82) is 0 Å². The number of hydrogen-bond acceptors (Lipinski definition) is 7. The molecule has 3 heterocycles. The summed E-state index contributed by atoms with van der Waals surface area (Å²) in [5, 5.41) is 0. The van der Waals surface area contributed by atoms with Crippen LogP contribution in [0.3, 0.4) is 0 Å². The fraction of sp³-hybridized carbons (Fsp3) is 1.00. The predicted octanol–water partition coefficient (Wildman–Crippen LogP) is 3.47. The number of hydrogen-bond donors (Lipinski definition) is 0. The van der Waals surface area contributed by atoms with Gasteiger partial charge in [0.2, 0.25) is 0 Å². The van der Waals surface area contributed by atoms with Crippen LogP contribution in [0.2, 0.25) is 0 Å². The lowest BCUT2D eigenvalue weighted by Crippen LogP contribution is -2.37. The van der Waals surface area contributed by atoms with Crippen molar-refractivity contribution in [2.24, 2.45) is 0 Å². The Balaban J connectivity index is 1.64. The maximum atomic E-state index is 13.6. The second kappa shape index (κ2) is 9.46. The topological polar surface area (TPSA) is 54.5 Å². The molecule has 3 aliphatic rings. The Morgan fingerprint density at radius 2 is 0.808 bits per heavy atom. The quantitative estimate of drug-likeness (QED) is 0.560. The molecule has 26 heavy (non-hydrogen) atoms. The van der Waals surface area contributed by atoms with Gasteiger partial charge in [-0.1, -0.05) is 0 Å². The highest BCUT2D eigenvalue weighted by Crippen LogP contribution is 2.54. The van der Waals surface area contributed by atoms with Crippen LogP contribution >= 0.6 is 7.82 Å². The van der Waals surface area contributed by atoms with Gasteiger partial charge < -0.3 is 0 Å². The van der Waals surface area contributed by atoms with Gasteiger partial charge in [0, 0.05) is 39.3 Å². The molecule has 3 rings (SSSR count). The van der Waals surface area contributed by atoms with Crippen LogP contribution in [0.25, 0.3) is 0 Å². The summed E-state index contributed by atoms with van der Waals surface area (Å²) in [6.07, 6.45) is 6.17. The lowest BCUT2D eigenvalue weighted by Gasteiger charge is -2.34. The first-order valence-electron chi connectivity index (χ1n) is 10.3. The highest BCUT2D eigenvalue weighted by molar-refractivity contribution is 7.48. The summed E-state index contributed by atoms with van der Waals surface area (Å²) in [4.78, 5) is 6.63. The summed E-state index contributed by atoms with van der Waals surface area (Å²) in [6.45, 7) is 11.7. The van der Waals surface area contributed by atoms with Gasteiger partial charge in [0.1, 0.15) is 18.7 Å². The smallest absolute Gasteiger partial charge is 0.278 e. The van der Waals surface area contributed by atoms with Crippen LogP contribution in [0.4, 0.5) is 0 Å². The van der Waals surface area contributed by atoms with Crippen molar-refractivity contribution in [3.05, 3.63) is 0 Å². The van der Waals surface area contributed by atoms with Crippen LogP contribution in [0.1, 0.15) is 59.3 Å². The van der Waals surface area contributed by atoms with Crippen molar-refractivity contribution in [3.63, 3.8) is 0 Å². The fourth-order valence-corrected chi connectivity index (χ4v) is 5.82. The molecule has 0 saturated carbocycles. The minimum absolute atomic E-state index is 0.264. The van der Waals surface area contributed by atoms with Gasteiger partial charge in [0.15, 0.2) is 0 Å². The first kappa shape index (κ1) is 20.7. The zero-order valence-electron chi connectivity index (χ0n) is 16.6. The molecule has 7 nitrogen and oxygen atoms in total. The summed E-state index contributed by atoms with van der Waals surface area (Å²) >= 11 is 0. The number of likely N-dealkylation sites (tertiary alicyclic amines) is 3. The van der Waals surface area contributed by atoms with Gasteiger partial charge in [-0.25, -0.2) is 4.57 Å². The zero-order chi connectivity index (χ0) is 18.6. The van der Waals surface area contributed by atoms with Crippen LogP contribution in [-0.4, -0.2) is 72.7 Å². The second-order valence-corrected chi connectivity index (χ2v) is 9.32. The van der Waals surface area contributed by atoms with Crippen LogP contribution in [-0.2, 0) is 18.1 Å². The molecule has 3 saturated heterocycles. The molecule has 0 aromatic carbocycles. The van der Waals surface area contributed by atoms with E-state index in [0.29, 0.717) is 0 Å². The lowest BCUT2D eigenvalue weighted by molar-refractivity contribution is -0.0568. The molecule has 0 aliphatic carbocycles. The Bertz CT molecular complexity index is 410. The summed E-state index contributed by atoms with van der Waals surface area (Å²) in [6, 6.07) is 0. The average molecular weight is 389 g/mol. The van der Waals surface area contributed by atoms with E-state index in [1.807, 2.05) is 20.8 Å². The maximum Gasteiger partial charge on any atom is 0.479 e. The van der Waals surface area contributed by atoms with E-state index in [4.69, 9.17) is 13.6 Å². The molecule has 3 atom stereocenters. The first-order valence-corrected chi connectivity index (χ1v) is 11.8. The van der Waals surface area contributed by atoms with Gasteiger partial charge in [-0.3, -0.25) is 28.3 Å². The third kappa shape index (κ3) is 5.51. The van der Waals surface area contributed by atoms with Crippen LogP contribution < -0.4 is 0 Å². The molecule has 0 aromatic heterocycles. The number of phosphoric acid groups is 1. The molecular formula is C18H36N3O4P. The summed E-state index contributed by atoms with van der Waals surface area (Å²) in [5.41, 5.74) is 0. The number of phosphoric ester groups is 1. The molecule has 3 fully saturated rings. The average Bonchev–Trinajstić information content (AvgIpc) is 3.37. The fourth-order valence-electron chi connectivity index (χ4n) is 4.15. The predicted molar refractivity (Wildman–Crippen MR) is 102 cm³/mol. The largest absolute Gasteiger partial charge is 0.479 e. The SMILES string of the molecule is CC(OP(=O)(OC(C)N1CCCC1)OC(C)N1CCCC1)N1CCCC1. The monoisotopic (exact) mass is 389 g/mol. The van der Waals surface area contributed by atoms with E-state index in [2.05, 4.69) is 14.7 Å². The Labute approximate surface area is 158 Å². The molecule has 0 bridgehead atoms. The summed E-state index contributed by atoms with van der Waals surface area (Å²) < 4.78 is 31.5. The van der Waals surface area contributed by atoms with Crippen LogP contribution in [0.5, 0.6) is 0 Å². The highest BCUT2D eigenvalue weighted by Gasteiger charge is 2.39.